The summed E-state index contributed by atoms with van der Waals surface area (Å²) in [6.45, 7) is 13.5. The number of fused-ring (bicyclic) bond motifs is 3. The van der Waals surface area contributed by atoms with Gasteiger partial charge in [-0.05, 0) is 41.4 Å². The summed E-state index contributed by atoms with van der Waals surface area (Å²) in [6, 6.07) is 33.4. The minimum absolute atomic E-state index is 0. The molecule has 0 aliphatic rings. The van der Waals surface area contributed by atoms with Crippen molar-refractivity contribution in [2.45, 2.75) is 46.3 Å². The second kappa shape index (κ2) is 12.4. The monoisotopic (exact) mass is 719 g/mol. The Hall–Kier alpha value is -3.37. The molecule has 3 aromatic heterocycles. The van der Waals surface area contributed by atoms with Gasteiger partial charge in [0.25, 0.3) is 0 Å². The van der Waals surface area contributed by atoms with Gasteiger partial charge in [0.05, 0.1) is 13.7 Å². The second-order valence-corrected chi connectivity index (χ2v) is 16.4. The van der Waals surface area contributed by atoms with E-state index in [0.29, 0.717) is 5.92 Å². The molecule has 6 aromatic rings. The Morgan fingerprint density at radius 2 is 1.55 bits per heavy atom. The van der Waals surface area contributed by atoms with Gasteiger partial charge in [-0.15, -0.1) is 54.1 Å². The van der Waals surface area contributed by atoms with Gasteiger partial charge in [0, 0.05) is 37.9 Å². The maximum Gasteiger partial charge on any atom is 0.120 e. The molecular weight excluding hydrogens is 685 g/mol. The van der Waals surface area contributed by atoms with Gasteiger partial charge < -0.3 is 14.4 Å². The SMILES string of the molecule is CC(C)c1ccc(-c2[c-]ccc3c2oc2cc([Si](C)(C)C)ccc23)nc1.Cc1ccc(-c2[c-]cccc2)nc1.[Ir]. The van der Waals surface area contributed by atoms with Gasteiger partial charge in [-0.25, -0.2) is 0 Å². The van der Waals surface area contributed by atoms with Crippen molar-refractivity contribution in [3.05, 3.63) is 115 Å². The van der Waals surface area contributed by atoms with Crippen LogP contribution in [-0.2, 0) is 20.1 Å². The maximum atomic E-state index is 6.30. The molecule has 0 N–H and O–H groups in total. The molecular formula is C35H34IrN2OSi-2. The first-order valence-corrected chi connectivity index (χ1v) is 16.9. The van der Waals surface area contributed by atoms with Crippen LogP contribution in [0.2, 0.25) is 19.6 Å². The first-order valence-electron chi connectivity index (χ1n) is 13.4. The number of hydrogen-bond donors (Lipinski definition) is 0. The van der Waals surface area contributed by atoms with Crippen molar-refractivity contribution in [2.24, 2.45) is 0 Å². The summed E-state index contributed by atoms with van der Waals surface area (Å²) in [4.78, 5) is 8.98. The maximum absolute atomic E-state index is 6.30. The van der Waals surface area contributed by atoms with E-state index in [-0.39, 0.29) is 20.1 Å². The van der Waals surface area contributed by atoms with Crippen molar-refractivity contribution in [2.75, 3.05) is 0 Å². The molecule has 205 valence electrons. The van der Waals surface area contributed by atoms with Crippen LogP contribution in [0.4, 0.5) is 0 Å². The van der Waals surface area contributed by atoms with Crippen LogP contribution in [0, 0.1) is 19.1 Å². The Kier molecular flexibility index (Phi) is 9.20. The molecule has 3 nitrogen and oxygen atoms in total. The summed E-state index contributed by atoms with van der Waals surface area (Å²) in [6.07, 6.45) is 3.83. The molecule has 1 radical (unpaired) electrons. The third kappa shape index (κ3) is 6.50. The van der Waals surface area contributed by atoms with Crippen LogP contribution in [0.25, 0.3) is 44.5 Å². The molecule has 0 aliphatic carbocycles. The molecule has 0 atom stereocenters. The Balaban J connectivity index is 0.000000223. The second-order valence-electron chi connectivity index (χ2n) is 11.3. The molecule has 0 amide bonds. The van der Waals surface area contributed by atoms with Crippen molar-refractivity contribution in [3.8, 4) is 22.5 Å². The van der Waals surface area contributed by atoms with E-state index in [1.54, 1.807) is 0 Å². The minimum Gasteiger partial charge on any atom is -0.501 e. The van der Waals surface area contributed by atoms with E-state index in [0.717, 1.165) is 44.5 Å². The first kappa shape index (κ1) is 29.6. The fourth-order valence-corrected chi connectivity index (χ4v) is 5.62. The van der Waals surface area contributed by atoms with E-state index in [1.165, 1.54) is 16.3 Å². The van der Waals surface area contributed by atoms with Crippen molar-refractivity contribution >= 4 is 35.2 Å². The normalized spacial score (nSPS) is 11.3. The van der Waals surface area contributed by atoms with E-state index < -0.39 is 8.07 Å². The largest absolute Gasteiger partial charge is 0.501 e. The third-order valence-corrected chi connectivity index (χ3v) is 8.95. The van der Waals surface area contributed by atoms with Crippen LogP contribution < -0.4 is 5.19 Å². The van der Waals surface area contributed by atoms with E-state index >= 15 is 0 Å². The summed E-state index contributed by atoms with van der Waals surface area (Å²) in [5.41, 5.74) is 8.12. The van der Waals surface area contributed by atoms with Crippen LogP contribution >= 0.6 is 0 Å². The van der Waals surface area contributed by atoms with Crippen LogP contribution in [0.15, 0.2) is 95.7 Å². The molecule has 3 aromatic carbocycles. The Labute approximate surface area is 252 Å². The number of furan rings is 1. The fourth-order valence-electron chi connectivity index (χ4n) is 4.47. The molecule has 3 heterocycles. The van der Waals surface area contributed by atoms with E-state index in [1.807, 2.05) is 55.7 Å². The first-order chi connectivity index (χ1) is 18.7. The van der Waals surface area contributed by atoms with Gasteiger partial charge in [0.15, 0.2) is 0 Å². The van der Waals surface area contributed by atoms with E-state index in [4.69, 9.17) is 4.42 Å². The summed E-state index contributed by atoms with van der Waals surface area (Å²) in [5.74, 6) is 0.475. The van der Waals surface area contributed by atoms with Crippen molar-refractivity contribution in [3.63, 3.8) is 0 Å². The number of benzene rings is 3. The van der Waals surface area contributed by atoms with Crippen LogP contribution in [-0.4, -0.2) is 18.0 Å². The summed E-state index contributed by atoms with van der Waals surface area (Å²) >= 11 is 0. The number of aryl methyl sites for hydroxylation is 1. The zero-order chi connectivity index (χ0) is 27.6. The van der Waals surface area contributed by atoms with Crippen molar-refractivity contribution in [1.29, 1.82) is 0 Å². The molecule has 0 spiro atoms. The van der Waals surface area contributed by atoms with E-state index in [9.17, 15) is 0 Å². The molecule has 0 fully saturated rings. The Bertz CT molecular complexity index is 1700. The molecule has 0 aliphatic heterocycles. The average molecular weight is 719 g/mol. The average Bonchev–Trinajstić information content (AvgIpc) is 3.32. The number of hydrogen-bond acceptors (Lipinski definition) is 3. The third-order valence-electron chi connectivity index (χ3n) is 6.90. The zero-order valence-electron chi connectivity index (χ0n) is 23.9. The summed E-state index contributed by atoms with van der Waals surface area (Å²) < 4.78 is 6.30. The van der Waals surface area contributed by atoms with Crippen LogP contribution in [0.1, 0.15) is 30.9 Å². The van der Waals surface area contributed by atoms with Crippen molar-refractivity contribution < 1.29 is 24.5 Å². The summed E-state index contributed by atoms with van der Waals surface area (Å²) in [5, 5.41) is 3.70. The number of aromatic nitrogens is 2. The smallest absolute Gasteiger partial charge is 0.120 e. The predicted molar refractivity (Wildman–Crippen MR) is 166 cm³/mol. The van der Waals surface area contributed by atoms with Gasteiger partial charge in [-0.1, -0.05) is 86.0 Å². The molecule has 0 saturated heterocycles. The molecule has 5 heteroatoms. The van der Waals surface area contributed by atoms with Gasteiger partial charge in [0.2, 0.25) is 0 Å². The minimum atomic E-state index is -1.37. The topological polar surface area (TPSA) is 38.9 Å². The van der Waals surface area contributed by atoms with E-state index in [2.05, 4.69) is 98.1 Å². The molecule has 40 heavy (non-hydrogen) atoms. The van der Waals surface area contributed by atoms with Gasteiger partial charge >= 0.3 is 0 Å². The fraction of sp³-hybridized carbons (Fsp3) is 0.200. The standard InChI is InChI=1S/C23H24NOSi.C12H10N.Ir/c1-15(2)16-9-12-21(24-14-16)20-8-6-7-19-18-11-10-17(26(3,4)5)13-22(18)25-23(19)20;1-10-7-8-12(13-9-10)11-5-3-2-4-6-11;/h6-7,9-15H,1-5H3;2-5,7-9H,1H3;/q2*-1;. The zero-order valence-corrected chi connectivity index (χ0v) is 27.3. The Morgan fingerprint density at radius 1 is 0.775 bits per heavy atom. The number of pyridine rings is 2. The van der Waals surface area contributed by atoms with Gasteiger partial charge in [-0.2, -0.15) is 0 Å². The number of rotatable bonds is 4. The Morgan fingerprint density at radius 3 is 2.17 bits per heavy atom. The van der Waals surface area contributed by atoms with Crippen molar-refractivity contribution in [1.82, 2.24) is 9.97 Å². The van der Waals surface area contributed by atoms with Gasteiger partial charge in [0.1, 0.15) is 5.58 Å². The quantitative estimate of drug-likeness (QED) is 0.135. The van der Waals surface area contributed by atoms with Crippen LogP contribution in [0.5, 0.6) is 0 Å². The molecule has 0 unspecified atom stereocenters. The molecule has 0 bridgehead atoms. The predicted octanol–water partition coefficient (Wildman–Crippen LogP) is 8.97. The summed E-state index contributed by atoms with van der Waals surface area (Å²) in [7, 11) is -1.37. The molecule has 0 saturated carbocycles. The van der Waals surface area contributed by atoms with Crippen LogP contribution in [0.3, 0.4) is 0 Å². The number of nitrogens with zero attached hydrogens (tertiary/aromatic N) is 2. The van der Waals surface area contributed by atoms with Gasteiger partial charge in [-0.3, -0.25) is 0 Å². The molecule has 6 rings (SSSR count).